The number of aryl methyl sites for hydroxylation is 1. The van der Waals surface area contributed by atoms with Gasteiger partial charge in [-0.3, -0.25) is 0 Å². The highest BCUT2D eigenvalue weighted by Gasteiger charge is 2.19. The molecule has 0 saturated heterocycles. The molecule has 0 radical (unpaired) electrons. The van der Waals surface area contributed by atoms with E-state index in [2.05, 4.69) is 39.6 Å². The standard InChI is InChI=1S/C17H16FN3/c18-13-6-8-15-16(10-13)21-17(20-15)19-14-7-5-11-3-1-2-4-12(11)9-14/h1-4,6,8,10,14H,5,7,9H2,(H2,19,20,21). The van der Waals surface area contributed by atoms with E-state index in [1.807, 2.05) is 0 Å². The van der Waals surface area contributed by atoms with Crippen LogP contribution in [-0.4, -0.2) is 16.0 Å². The number of imidazole rings is 1. The summed E-state index contributed by atoms with van der Waals surface area (Å²) in [6.45, 7) is 0. The molecule has 2 N–H and O–H groups in total. The molecule has 106 valence electrons. The molecule has 4 rings (SSSR count). The van der Waals surface area contributed by atoms with Crippen molar-refractivity contribution in [3.05, 3.63) is 59.4 Å². The molecular formula is C17H16FN3. The van der Waals surface area contributed by atoms with E-state index >= 15 is 0 Å². The maximum atomic E-state index is 13.2. The van der Waals surface area contributed by atoms with Gasteiger partial charge in [0.2, 0.25) is 5.95 Å². The first-order valence-electron chi connectivity index (χ1n) is 7.26. The Kier molecular flexibility index (Phi) is 2.88. The van der Waals surface area contributed by atoms with Crippen LogP contribution in [-0.2, 0) is 12.8 Å². The molecule has 3 aromatic rings. The summed E-state index contributed by atoms with van der Waals surface area (Å²) in [4.78, 5) is 7.62. The first kappa shape index (κ1) is 12.4. The van der Waals surface area contributed by atoms with Crippen LogP contribution < -0.4 is 5.32 Å². The minimum Gasteiger partial charge on any atom is -0.353 e. The zero-order chi connectivity index (χ0) is 14.2. The van der Waals surface area contributed by atoms with Gasteiger partial charge in [0.15, 0.2) is 0 Å². The second kappa shape index (κ2) is 4.88. The van der Waals surface area contributed by atoms with Gasteiger partial charge in [0, 0.05) is 6.04 Å². The molecule has 0 amide bonds. The molecule has 1 unspecified atom stereocenters. The van der Waals surface area contributed by atoms with Crippen molar-refractivity contribution in [1.29, 1.82) is 0 Å². The fraction of sp³-hybridized carbons (Fsp3) is 0.235. The minimum absolute atomic E-state index is 0.246. The highest BCUT2D eigenvalue weighted by Crippen LogP contribution is 2.24. The van der Waals surface area contributed by atoms with Crippen molar-refractivity contribution >= 4 is 17.0 Å². The van der Waals surface area contributed by atoms with Crippen LogP contribution in [0.5, 0.6) is 0 Å². The van der Waals surface area contributed by atoms with E-state index in [1.165, 1.54) is 23.3 Å². The lowest BCUT2D eigenvalue weighted by Gasteiger charge is -2.25. The van der Waals surface area contributed by atoms with Gasteiger partial charge in [-0.1, -0.05) is 24.3 Å². The van der Waals surface area contributed by atoms with Crippen molar-refractivity contribution in [3.63, 3.8) is 0 Å². The van der Waals surface area contributed by atoms with Crippen LogP contribution in [0.2, 0.25) is 0 Å². The van der Waals surface area contributed by atoms with E-state index in [0.29, 0.717) is 6.04 Å². The molecule has 0 bridgehead atoms. The van der Waals surface area contributed by atoms with Gasteiger partial charge in [-0.2, -0.15) is 0 Å². The number of nitrogens with zero attached hydrogens (tertiary/aromatic N) is 1. The van der Waals surface area contributed by atoms with Crippen LogP contribution in [0.4, 0.5) is 10.3 Å². The number of hydrogen-bond donors (Lipinski definition) is 2. The molecule has 1 aliphatic carbocycles. The number of halogens is 1. The van der Waals surface area contributed by atoms with Crippen molar-refractivity contribution in [2.24, 2.45) is 0 Å². The number of nitrogens with one attached hydrogen (secondary N) is 2. The van der Waals surface area contributed by atoms with Gasteiger partial charge in [0.25, 0.3) is 0 Å². The van der Waals surface area contributed by atoms with Crippen molar-refractivity contribution in [3.8, 4) is 0 Å². The summed E-state index contributed by atoms with van der Waals surface area (Å²) in [5.74, 6) is 0.476. The van der Waals surface area contributed by atoms with Crippen LogP contribution in [0.25, 0.3) is 11.0 Å². The van der Waals surface area contributed by atoms with Gasteiger partial charge in [0.05, 0.1) is 11.0 Å². The van der Waals surface area contributed by atoms with Crippen LogP contribution in [0.1, 0.15) is 17.5 Å². The molecule has 1 aromatic heterocycles. The molecular weight excluding hydrogens is 265 g/mol. The van der Waals surface area contributed by atoms with Gasteiger partial charge in [-0.15, -0.1) is 0 Å². The number of fused-ring (bicyclic) bond motifs is 2. The average Bonchev–Trinajstić information content (AvgIpc) is 2.88. The first-order chi connectivity index (χ1) is 10.3. The molecule has 0 saturated carbocycles. The number of hydrogen-bond acceptors (Lipinski definition) is 2. The van der Waals surface area contributed by atoms with Crippen LogP contribution >= 0.6 is 0 Å². The van der Waals surface area contributed by atoms with E-state index < -0.39 is 0 Å². The molecule has 1 aliphatic rings. The molecule has 1 atom stereocenters. The van der Waals surface area contributed by atoms with E-state index in [0.717, 1.165) is 36.2 Å². The Morgan fingerprint density at radius 2 is 2.00 bits per heavy atom. The Morgan fingerprint density at radius 3 is 2.90 bits per heavy atom. The van der Waals surface area contributed by atoms with Gasteiger partial charge >= 0.3 is 0 Å². The number of rotatable bonds is 2. The monoisotopic (exact) mass is 281 g/mol. The van der Waals surface area contributed by atoms with E-state index in [4.69, 9.17) is 0 Å². The molecule has 4 heteroatoms. The third-order valence-corrected chi connectivity index (χ3v) is 4.13. The molecule has 0 spiro atoms. The highest BCUT2D eigenvalue weighted by atomic mass is 19.1. The topological polar surface area (TPSA) is 40.7 Å². The van der Waals surface area contributed by atoms with Crippen LogP contribution in [0, 0.1) is 5.82 Å². The predicted octanol–water partition coefficient (Wildman–Crippen LogP) is 3.67. The largest absolute Gasteiger partial charge is 0.353 e. The van der Waals surface area contributed by atoms with Gasteiger partial charge in [-0.25, -0.2) is 9.37 Å². The zero-order valence-corrected chi connectivity index (χ0v) is 11.6. The Hall–Kier alpha value is -2.36. The lowest BCUT2D eigenvalue weighted by atomic mass is 9.88. The van der Waals surface area contributed by atoms with Crippen molar-refractivity contribution < 1.29 is 4.39 Å². The number of aromatic nitrogens is 2. The van der Waals surface area contributed by atoms with E-state index in [1.54, 1.807) is 6.07 Å². The van der Waals surface area contributed by atoms with E-state index in [9.17, 15) is 4.39 Å². The average molecular weight is 281 g/mol. The smallest absolute Gasteiger partial charge is 0.201 e. The summed E-state index contributed by atoms with van der Waals surface area (Å²) >= 11 is 0. The summed E-state index contributed by atoms with van der Waals surface area (Å²) in [6, 6.07) is 13.6. The number of anilines is 1. The lowest BCUT2D eigenvalue weighted by molar-refractivity contribution is 0.607. The summed E-state index contributed by atoms with van der Waals surface area (Å²) in [5, 5.41) is 3.44. The summed E-state index contributed by atoms with van der Waals surface area (Å²) in [6.07, 6.45) is 3.17. The Labute approximate surface area is 122 Å². The number of benzene rings is 2. The molecule has 0 fully saturated rings. The van der Waals surface area contributed by atoms with Gasteiger partial charge < -0.3 is 10.3 Å². The third kappa shape index (κ3) is 2.37. The quantitative estimate of drug-likeness (QED) is 0.752. The molecule has 1 heterocycles. The lowest BCUT2D eigenvalue weighted by Crippen LogP contribution is -2.27. The van der Waals surface area contributed by atoms with Crippen molar-refractivity contribution in [2.45, 2.75) is 25.3 Å². The summed E-state index contributed by atoms with van der Waals surface area (Å²) < 4.78 is 13.2. The third-order valence-electron chi connectivity index (χ3n) is 4.13. The molecule has 0 aliphatic heterocycles. The number of aromatic amines is 1. The van der Waals surface area contributed by atoms with Gasteiger partial charge in [-0.05, 0) is 48.6 Å². The Morgan fingerprint density at radius 1 is 1.14 bits per heavy atom. The Balaban J connectivity index is 1.55. The van der Waals surface area contributed by atoms with Crippen LogP contribution in [0.3, 0.4) is 0 Å². The SMILES string of the molecule is Fc1ccc2nc(NC3CCc4ccccc4C3)[nH]c2c1. The minimum atomic E-state index is -0.246. The molecule has 21 heavy (non-hydrogen) atoms. The summed E-state index contributed by atoms with van der Waals surface area (Å²) in [5.41, 5.74) is 4.37. The second-order valence-corrected chi connectivity index (χ2v) is 5.60. The molecule has 2 aromatic carbocycles. The van der Waals surface area contributed by atoms with Gasteiger partial charge in [0.1, 0.15) is 5.82 Å². The van der Waals surface area contributed by atoms with Crippen molar-refractivity contribution in [1.82, 2.24) is 9.97 Å². The molecule has 3 nitrogen and oxygen atoms in total. The van der Waals surface area contributed by atoms with Crippen molar-refractivity contribution in [2.75, 3.05) is 5.32 Å². The maximum absolute atomic E-state index is 13.2. The Bertz CT molecular complexity index is 794. The van der Waals surface area contributed by atoms with E-state index in [-0.39, 0.29) is 5.82 Å². The number of H-pyrrole nitrogens is 1. The predicted molar refractivity (Wildman–Crippen MR) is 81.9 cm³/mol. The zero-order valence-electron chi connectivity index (χ0n) is 11.6. The highest BCUT2D eigenvalue weighted by molar-refractivity contribution is 5.77. The normalized spacial score (nSPS) is 17.7. The second-order valence-electron chi connectivity index (χ2n) is 5.60. The first-order valence-corrected chi connectivity index (χ1v) is 7.26. The fourth-order valence-corrected chi connectivity index (χ4v) is 3.06. The van der Waals surface area contributed by atoms with Crippen LogP contribution in [0.15, 0.2) is 42.5 Å². The maximum Gasteiger partial charge on any atom is 0.201 e. The fourth-order valence-electron chi connectivity index (χ4n) is 3.06. The summed E-state index contributed by atoms with van der Waals surface area (Å²) in [7, 11) is 0.